The van der Waals surface area contributed by atoms with Gasteiger partial charge in [-0.2, -0.15) is 13.2 Å². The molecule has 1 N–H and O–H groups in total. The average Bonchev–Trinajstić information content (AvgIpc) is 3.09. The van der Waals surface area contributed by atoms with Crippen molar-refractivity contribution in [1.82, 2.24) is 14.5 Å². The first kappa shape index (κ1) is 20.0. The van der Waals surface area contributed by atoms with E-state index in [9.17, 15) is 22.8 Å². The van der Waals surface area contributed by atoms with E-state index in [-0.39, 0.29) is 12.1 Å². The number of amides is 1. The summed E-state index contributed by atoms with van der Waals surface area (Å²) in [5.41, 5.74) is -1.26. The molecule has 0 bridgehead atoms. The summed E-state index contributed by atoms with van der Waals surface area (Å²) in [5, 5.41) is 3.05. The van der Waals surface area contributed by atoms with Crippen LogP contribution in [0.4, 0.5) is 18.9 Å². The number of halogens is 3. The fourth-order valence-electron chi connectivity index (χ4n) is 3.27. The molecule has 3 heterocycles. The molecule has 3 aromatic heterocycles. The summed E-state index contributed by atoms with van der Waals surface area (Å²) in [5.74, 6) is -0.725. The monoisotopic (exact) mass is 432 g/mol. The van der Waals surface area contributed by atoms with Crippen LogP contribution in [0.5, 0.6) is 0 Å². The van der Waals surface area contributed by atoms with Crippen LogP contribution in [0.25, 0.3) is 20.4 Å². The van der Waals surface area contributed by atoms with E-state index in [4.69, 9.17) is 0 Å². The second-order valence-corrected chi connectivity index (χ2v) is 7.55. The van der Waals surface area contributed by atoms with E-state index in [1.54, 1.807) is 25.3 Å². The first-order valence-corrected chi connectivity index (χ1v) is 9.84. The lowest BCUT2D eigenvalue weighted by molar-refractivity contribution is -0.137. The average molecular weight is 432 g/mol. The third-order valence-electron chi connectivity index (χ3n) is 4.70. The van der Waals surface area contributed by atoms with Gasteiger partial charge in [0.15, 0.2) is 0 Å². The van der Waals surface area contributed by atoms with Crippen molar-refractivity contribution in [1.29, 1.82) is 0 Å². The fourth-order valence-corrected chi connectivity index (χ4v) is 4.30. The number of anilines is 1. The maximum absolute atomic E-state index is 13.2. The number of pyridine rings is 1. The van der Waals surface area contributed by atoms with Crippen LogP contribution in [0.1, 0.15) is 24.9 Å². The fraction of sp³-hybridized carbons (Fsp3) is 0.200. The highest BCUT2D eigenvalue weighted by Gasteiger charge is 2.34. The van der Waals surface area contributed by atoms with Gasteiger partial charge < -0.3 is 5.32 Å². The number of carbonyl (C=O) groups excluding carboxylic acids is 1. The Bertz CT molecular complexity index is 1310. The third-order valence-corrected chi connectivity index (χ3v) is 5.79. The number of thiophene rings is 1. The van der Waals surface area contributed by atoms with E-state index >= 15 is 0 Å². The molecule has 0 fully saturated rings. The van der Waals surface area contributed by atoms with E-state index in [0.29, 0.717) is 15.0 Å². The normalized spacial score (nSPS) is 12.9. The molecule has 1 atom stereocenters. The molecule has 1 amide bonds. The standard InChI is InChI=1S/C20H15F3N4O2S/c1-2-14(17(28)26-13-8-4-3-7-12(13)20(21,22)23)27-10-25-15-11-6-5-9-24-18(11)30-16(15)19(27)29/h3-10,14H,2H2,1H3,(H,26,28)/t14-/m1/s1. The lowest BCUT2D eigenvalue weighted by atomic mass is 10.1. The number of hydrogen-bond acceptors (Lipinski definition) is 5. The summed E-state index contributed by atoms with van der Waals surface area (Å²) in [6.45, 7) is 1.67. The topological polar surface area (TPSA) is 76.9 Å². The van der Waals surface area contributed by atoms with Crippen molar-refractivity contribution >= 4 is 43.4 Å². The van der Waals surface area contributed by atoms with Gasteiger partial charge in [0.05, 0.1) is 23.1 Å². The smallest absolute Gasteiger partial charge is 0.324 e. The van der Waals surface area contributed by atoms with Crippen molar-refractivity contribution in [2.75, 3.05) is 5.32 Å². The summed E-state index contributed by atoms with van der Waals surface area (Å²) in [4.78, 5) is 35.0. The molecule has 0 saturated carbocycles. The Morgan fingerprint density at radius 3 is 2.70 bits per heavy atom. The number of rotatable bonds is 4. The molecule has 0 radical (unpaired) electrons. The highest BCUT2D eigenvalue weighted by atomic mass is 32.1. The van der Waals surface area contributed by atoms with Gasteiger partial charge in [0.25, 0.3) is 5.56 Å². The predicted molar refractivity (Wildman–Crippen MR) is 109 cm³/mol. The SMILES string of the molecule is CC[C@H](C(=O)Nc1ccccc1C(F)(F)F)n1cnc2c(sc3ncccc32)c1=O. The van der Waals surface area contributed by atoms with Gasteiger partial charge in [-0.3, -0.25) is 14.2 Å². The van der Waals surface area contributed by atoms with E-state index < -0.39 is 29.2 Å². The zero-order valence-electron chi connectivity index (χ0n) is 15.6. The highest BCUT2D eigenvalue weighted by molar-refractivity contribution is 7.25. The number of fused-ring (bicyclic) bond motifs is 3. The van der Waals surface area contributed by atoms with Crippen LogP contribution in [-0.2, 0) is 11.0 Å². The Morgan fingerprint density at radius 2 is 1.97 bits per heavy atom. The van der Waals surface area contributed by atoms with Crippen LogP contribution in [0.2, 0.25) is 0 Å². The van der Waals surface area contributed by atoms with Crippen molar-refractivity contribution in [3.8, 4) is 0 Å². The zero-order valence-corrected chi connectivity index (χ0v) is 16.4. The van der Waals surface area contributed by atoms with Gasteiger partial charge in [-0.05, 0) is 30.7 Å². The molecule has 1 aromatic carbocycles. The van der Waals surface area contributed by atoms with Crippen molar-refractivity contribution in [2.45, 2.75) is 25.6 Å². The number of hydrogen-bond donors (Lipinski definition) is 1. The van der Waals surface area contributed by atoms with Crippen LogP contribution in [0.15, 0.2) is 53.7 Å². The molecule has 154 valence electrons. The Labute approximate surface area is 172 Å². The van der Waals surface area contributed by atoms with Crippen LogP contribution in [0, 0.1) is 0 Å². The number of benzene rings is 1. The summed E-state index contributed by atoms with van der Waals surface area (Å²) in [6, 6.07) is 7.23. The number of alkyl halides is 3. The maximum atomic E-state index is 13.2. The van der Waals surface area contributed by atoms with Crippen LogP contribution in [0.3, 0.4) is 0 Å². The maximum Gasteiger partial charge on any atom is 0.418 e. The van der Waals surface area contributed by atoms with Crippen LogP contribution in [-0.4, -0.2) is 20.4 Å². The predicted octanol–water partition coefficient (Wildman–Crippen LogP) is 4.61. The molecule has 10 heteroatoms. The first-order valence-electron chi connectivity index (χ1n) is 9.02. The Morgan fingerprint density at radius 1 is 1.20 bits per heavy atom. The number of para-hydroxylation sites is 1. The third kappa shape index (κ3) is 3.43. The molecule has 4 aromatic rings. The van der Waals surface area contributed by atoms with E-state index in [1.807, 2.05) is 0 Å². The van der Waals surface area contributed by atoms with Gasteiger partial charge in [-0.25, -0.2) is 9.97 Å². The molecule has 6 nitrogen and oxygen atoms in total. The van der Waals surface area contributed by atoms with Crippen molar-refractivity contribution < 1.29 is 18.0 Å². The number of aromatic nitrogens is 3. The van der Waals surface area contributed by atoms with Crippen molar-refractivity contribution in [3.05, 3.63) is 64.8 Å². The highest BCUT2D eigenvalue weighted by Crippen LogP contribution is 2.35. The van der Waals surface area contributed by atoms with Gasteiger partial charge in [0.1, 0.15) is 15.6 Å². The van der Waals surface area contributed by atoms with Gasteiger partial charge in [-0.1, -0.05) is 19.1 Å². The molecule has 0 spiro atoms. The molecular weight excluding hydrogens is 417 g/mol. The van der Waals surface area contributed by atoms with Crippen molar-refractivity contribution in [2.24, 2.45) is 0 Å². The molecule has 0 unspecified atom stereocenters. The van der Waals surface area contributed by atoms with E-state index in [0.717, 1.165) is 27.4 Å². The zero-order chi connectivity index (χ0) is 21.5. The number of nitrogens with zero attached hydrogens (tertiary/aromatic N) is 3. The molecule has 0 saturated heterocycles. The van der Waals surface area contributed by atoms with Gasteiger partial charge in [0, 0.05) is 11.6 Å². The van der Waals surface area contributed by atoms with Gasteiger partial charge in [-0.15, -0.1) is 11.3 Å². The first-order chi connectivity index (χ1) is 14.3. The van der Waals surface area contributed by atoms with Crippen LogP contribution >= 0.6 is 11.3 Å². The quantitative estimate of drug-likeness (QED) is 0.511. The Hall–Kier alpha value is -3.27. The molecular formula is C20H15F3N4O2S. The summed E-state index contributed by atoms with van der Waals surface area (Å²) in [7, 11) is 0. The second kappa shape index (κ2) is 7.52. The van der Waals surface area contributed by atoms with E-state index in [1.165, 1.54) is 24.5 Å². The molecule has 0 aliphatic rings. The van der Waals surface area contributed by atoms with Gasteiger partial charge in [0.2, 0.25) is 5.91 Å². The largest absolute Gasteiger partial charge is 0.418 e. The summed E-state index contributed by atoms with van der Waals surface area (Å²) >= 11 is 1.16. The minimum absolute atomic E-state index is 0.191. The Balaban J connectivity index is 1.73. The molecule has 0 aliphatic heterocycles. The summed E-state index contributed by atoms with van der Waals surface area (Å²) in [6.07, 6.45) is -1.56. The minimum atomic E-state index is -4.62. The minimum Gasteiger partial charge on any atom is -0.324 e. The summed E-state index contributed by atoms with van der Waals surface area (Å²) < 4.78 is 41.2. The Kier molecular flexibility index (Phi) is 5.02. The molecule has 0 aliphatic carbocycles. The van der Waals surface area contributed by atoms with E-state index in [2.05, 4.69) is 15.3 Å². The number of nitrogens with one attached hydrogen (secondary N) is 1. The van der Waals surface area contributed by atoms with Crippen LogP contribution < -0.4 is 10.9 Å². The molecule has 4 rings (SSSR count). The molecule has 30 heavy (non-hydrogen) atoms. The number of carbonyl (C=O) groups is 1. The second-order valence-electron chi connectivity index (χ2n) is 6.55. The van der Waals surface area contributed by atoms with Crippen molar-refractivity contribution in [3.63, 3.8) is 0 Å². The van der Waals surface area contributed by atoms with Gasteiger partial charge >= 0.3 is 6.18 Å². The lowest BCUT2D eigenvalue weighted by Crippen LogP contribution is -2.33. The lowest BCUT2D eigenvalue weighted by Gasteiger charge is -2.19.